The van der Waals surface area contributed by atoms with Crippen LogP contribution in [-0.4, -0.2) is 16.6 Å². The van der Waals surface area contributed by atoms with E-state index in [1.165, 1.54) is 11.3 Å². The van der Waals surface area contributed by atoms with Crippen molar-refractivity contribution < 1.29 is 5.11 Å². The van der Waals surface area contributed by atoms with Crippen LogP contribution in [0.15, 0.2) is 11.6 Å². The van der Waals surface area contributed by atoms with Gasteiger partial charge < -0.3 is 10.8 Å². The second-order valence-corrected chi connectivity index (χ2v) is 4.39. The van der Waals surface area contributed by atoms with Crippen LogP contribution in [0, 0.1) is 5.41 Å². The van der Waals surface area contributed by atoms with E-state index < -0.39 is 6.10 Å². The van der Waals surface area contributed by atoms with Gasteiger partial charge in [0.25, 0.3) is 0 Å². The van der Waals surface area contributed by atoms with E-state index >= 15 is 0 Å². The second-order valence-electron chi connectivity index (χ2n) is 3.47. The van der Waals surface area contributed by atoms with Crippen LogP contribution in [0.4, 0.5) is 0 Å². The maximum absolute atomic E-state index is 9.81. The monoisotopic (exact) mass is 186 g/mol. The van der Waals surface area contributed by atoms with Gasteiger partial charge in [-0.05, 0) is 0 Å². The fourth-order valence-electron chi connectivity index (χ4n) is 0.815. The Morgan fingerprint density at radius 2 is 2.42 bits per heavy atom. The Hall–Kier alpha value is -0.450. The first-order valence-corrected chi connectivity index (χ1v) is 4.73. The van der Waals surface area contributed by atoms with Crippen LogP contribution in [-0.2, 0) is 0 Å². The lowest BCUT2D eigenvalue weighted by Gasteiger charge is -2.27. The van der Waals surface area contributed by atoms with Crippen LogP contribution in [0.1, 0.15) is 25.0 Å². The lowest BCUT2D eigenvalue weighted by Crippen LogP contribution is -2.30. The van der Waals surface area contributed by atoms with E-state index in [2.05, 4.69) is 4.98 Å². The van der Waals surface area contributed by atoms with Crippen molar-refractivity contribution in [2.75, 3.05) is 6.54 Å². The van der Waals surface area contributed by atoms with Crippen LogP contribution in [0.3, 0.4) is 0 Å². The van der Waals surface area contributed by atoms with Gasteiger partial charge in [0.2, 0.25) is 0 Å². The SMILES string of the molecule is CC(C)(CN)C(O)c1nccs1. The Balaban J connectivity index is 2.78. The molecule has 0 amide bonds. The van der Waals surface area contributed by atoms with Gasteiger partial charge in [0.1, 0.15) is 11.1 Å². The van der Waals surface area contributed by atoms with Crippen molar-refractivity contribution in [1.29, 1.82) is 0 Å². The van der Waals surface area contributed by atoms with Gasteiger partial charge in [0.15, 0.2) is 0 Å². The molecule has 0 saturated carbocycles. The first-order valence-electron chi connectivity index (χ1n) is 3.85. The van der Waals surface area contributed by atoms with Crippen molar-refractivity contribution in [2.45, 2.75) is 20.0 Å². The molecule has 0 aliphatic heterocycles. The third kappa shape index (κ3) is 1.83. The topological polar surface area (TPSA) is 59.1 Å². The molecule has 1 rings (SSSR count). The number of aliphatic hydroxyl groups excluding tert-OH is 1. The third-order valence-corrected chi connectivity index (χ3v) is 2.78. The van der Waals surface area contributed by atoms with Gasteiger partial charge in [-0.15, -0.1) is 11.3 Å². The fraction of sp³-hybridized carbons (Fsp3) is 0.625. The van der Waals surface area contributed by atoms with Gasteiger partial charge in [-0.3, -0.25) is 0 Å². The summed E-state index contributed by atoms with van der Waals surface area (Å²) in [7, 11) is 0. The zero-order valence-electron chi connectivity index (χ0n) is 7.32. The minimum absolute atomic E-state index is 0.294. The largest absolute Gasteiger partial charge is 0.385 e. The van der Waals surface area contributed by atoms with Gasteiger partial charge >= 0.3 is 0 Å². The highest BCUT2D eigenvalue weighted by Gasteiger charge is 2.29. The number of hydrogen-bond acceptors (Lipinski definition) is 4. The Labute approximate surface area is 76.3 Å². The summed E-state index contributed by atoms with van der Waals surface area (Å²) in [5.74, 6) is 0. The summed E-state index contributed by atoms with van der Waals surface area (Å²) < 4.78 is 0. The Bertz CT molecular complexity index is 233. The Morgan fingerprint density at radius 1 is 1.75 bits per heavy atom. The average Bonchev–Trinajstić information content (AvgIpc) is 2.55. The summed E-state index contributed by atoms with van der Waals surface area (Å²) in [6.07, 6.45) is 1.14. The quantitative estimate of drug-likeness (QED) is 0.744. The van der Waals surface area contributed by atoms with Crippen molar-refractivity contribution in [3.05, 3.63) is 16.6 Å². The lowest BCUT2D eigenvalue weighted by atomic mass is 9.87. The van der Waals surface area contributed by atoms with E-state index in [0.717, 1.165) is 5.01 Å². The molecule has 3 N–H and O–H groups in total. The summed E-state index contributed by atoms with van der Waals surface area (Å²) in [6, 6.07) is 0. The van der Waals surface area contributed by atoms with E-state index in [1.54, 1.807) is 6.20 Å². The Kier molecular flexibility index (Phi) is 2.82. The predicted molar refractivity (Wildman–Crippen MR) is 49.9 cm³/mol. The highest BCUT2D eigenvalue weighted by molar-refractivity contribution is 7.09. The van der Waals surface area contributed by atoms with Crippen LogP contribution in [0.5, 0.6) is 0 Å². The van der Waals surface area contributed by atoms with E-state index in [0.29, 0.717) is 6.54 Å². The van der Waals surface area contributed by atoms with Gasteiger partial charge in [-0.2, -0.15) is 0 Å². The number of hydrogen-bond donors (Lipinski definition) is 2. The molecule has 12 heavy (non-hydrogen) atoms. The maximum Gasteiger partial charge on any atom is 0.122 e. The van der Waals surface area contributed by atoms with Gasteiger partial charge in [0.05, 0.1) is 0 Å². The Morgan fingerprint density at radius 3 is 2.83 bits per heavy atom. The molecular weight excluding hydrogens is 172 g/mol. The van der Waals surface area contributed by atoms with Crippen molar-refractivity contribution >= 4 is 11.3 Å². The molecule has 1 aromatic rings. The van der Waals surface area contributed by atoms with Crippen LogP contribution >= 0.6 is 11.3 Å². The van der Waals surface area contributed by atoms with Crippen molar-refractivity contribution in [3.8, 4) is 0 Å². The third-order valence-electron chi connectivity index (χ3n) is 1.95. The van der Waals surface area contributed by atoms with E-state index in [-0.39, 0.29) is 5.41 Å². The zero-order valence-corrected chi connectivity index (χ0v) is 8.14. The number of aromatic nitrogens is 1. The number of thiazole rings is 1. The summed E-state index contributed by atoms with van der Waals surface area (Å²) in [5, 5.41) is 12.4. The molecule has 0 radical (unpaired) electrons. The molecule has 68 valence electrons. The number of rotatable bonds is 3. The lowest BCUT2D eigenvalue weighted by molar-refractivity contribution is 0.0553. The van der Waals surface area contributed by atoms with E-state index in [4.69, 9.17) is 5.73 Å². The summed E-state index contributed by atoms with van der Waals surface area (Å²) >= 11 is 1.46. The molecule has 1 atom stereocenters. The summed E-state index contributed by atoms with van der Waals surface area (Å²) in [4.78, 5) is 4.04. The highest BCUT2D eigenvalue weighted by atomic mass is 32.1. The van der Waals surface area contributed by atoms with Crippen LogP contribution in [0.25, 0.3) is 0 Å². The minimum Gasteiger partial charge on any atom is -0.385 e. The molecule has 3 nitrogen and oxygen atoms in total. The average molecular weight is 186 g/mol. The predicted octanol–water partition coefficient (Wildman–Crippen LogP) is 1.16. The molecule has 0 spiro atoms. The molecule has 1 heterocycles. The first kappa shape index (κ1) is 9.64. The van der Waals surface area contributed by atoms with Crippen LogP contribution < -0.4 is 5.73 Å². The molecule has 4 heteroatoms. The van der Waals surface area contributed by atoms with Gasteiger partial charge in [0, 0.05) is 23.5 Å². The summed E-state index contributed by atoms with van der Waals surface area (Å²) in [6.45, 7) is 4.31. The highest BCUT2D eigenvalue weighted by Crippen LogP contribution is 2.32. The number of nitrogens with two attached hydrogens (primary N) is 1. The number of aliphatic hydroxyl groups is 1. The van der Waals surface area contributed by atoms with Crippen LogP contribution in [0.2, 0.25) is 0 Å². The van der Waals surface area contributed by atoms with E-state index in [1.807, 2.05) is 19.2 Å². The zero-order chi connectivity index (χ0) is 9.19. The standard InChI is InChI=1S/C8H14N2OS/c1-8(2,5-9)6(11)7-10-3-4-12-7/h3-4,6,11H,5,9H2,1-2H3. The molecule has 0 aromatic carbocycles. The normalized spacial score (nSPS) is 14.7. The smallest absolute Gasteiger partial charge is 0.122 e. The van der Waals surface area contributed by atoms with Crippen molar-refractivity contribution in [2.24, 2.45) is 11.1 Å². The molecule has 0 fully saturated rings. The summed E-state index contributed by atoms with van der Waals surface area (Å²) in [5.41, 5.74) is 5.24. The second kappa shape index (κ2) is 3.51. The fourth-order valence-corrected chi connectivity index (χ4v) is 1.65. The minimum atomic E-state index is -0.553. The van der Waals surface area contributed by atoms with Crippen molar-refractivity contribution in [1.82, 2.24) is 4.98 Å². The van der Waals surface area contributed by atoms with E-state index in [9.17, 15) is 5.11 Å². The maximum atomic E-state index is 9.81. The molecule has 0 aliphatic rings. The molecule has 1 unspecified atom stereocenters. The van der Waals surface area contributed by atoms with Gasteiger partial charge in [-0.1, -0.05) is 13.8 Å². The first-order chi connectivity index (χ1) is 5.58. The van der Waals surface area contributed by atoms with Crippen molar-refractivity contribution in [3.63, 3.8) is 0 Å². The molecule has 0 bridgehead atoms. The molecule has 0 aliphatic carbocycles. The van der Waals surface area contributed by atoms with Gasteiger partial charge in [-0.25, -0.2) is 4.98 Å². The molecular formula is C8H14N2OS. The molecule has 1 aromatic heterocycles. The molecule has 0 saturated heterocycles. The number of nitrogens with zero attached hydrogens (tertiary/aromatic N) is 1.